The number of aliphatic hydroxyl groups is 1. The number of aliphatic hydroxyl groups excluding tert-OH is 1. The quantitative estimate of drug-likeness (QED) is 0.828. The zero-order valence-electron chi connectivity index (χ0n) is 10.1. The molecule has 0 aliphatic rings. The van der Waals surface area contributed by atoms with Crippen LogP contribution >= 0.6 is 0 Å². The van der Waals surface area contributed by atoms with Gasteiger partial charge in [0, 0.05) is 26.2 Å². The monoisotopic (exact) mass is 235 g/mol. The topological polar surface area (TPSA) is 68.8 Å². The molecule has 2 heterocycles. The average molecular weight is 235 g/mol. The van der Waals surface area contributed by atoms with Crippen LogP contribution in [0.15, 0.2) is 18.6 Å². The van der Waals surface area contributed by atoms with Crippen molar-refractivity contribution in [2.45, 2.75) is 32.4 Å². The summed E-state index contributed by atoms with van der Waals surface area (Å²) >= 11 is 0. The van der Waals surface area contributed by atoms with Crippen molar-refractivity contribution in [1.29, 1.82) is 0 Å². The van der Waals surface area contributed by atoms with Crippen LogP contribution in [-0.4, -0.2) is 29.7 Å². The smallest absolute Gasteiger partial charge is 0.138 e. The second-order valence-electron chi connectivity index (χ2n) is 4.00. The maximum atomic E-state index is 10.1. The SMILES string of the molecule is CCCn1ncnc1CC(O)c1ccnn1C. The molecule has 1 N–H and O–H groups in total. The maximum Gasteiger partial charge on any atom is 0.138 e. The molecule has 6 heteroatoms. The molecular weight excluding hydrogens is 218 g/mol. The van der Waals surface area contributed by atoms with Crippen LogP contribution in [0, 0.1) is 0 Å². The van der Waals surface area contributed by atoms with Crippen molar-refractivity contribution in [3.63, 3.8) is 0 Å². The highest BCUT2D eigenvalue weighted by molar-refractivity contribution is 5.06. The first-order valence-electron chi connectivity index (χ1n) is 5.75. The first kappa shape index (κ1) is 11.8. The Morgan fingerprint density at radius 1 is 1.41 bits per heavy atom. The van der Waals surface area contributed by atoms with Crippen molar-refractivity contribution in [1.82, 2.24) is 24.5 Å². The first-order chi connectivity index (χ1) is 8.22. The normalized spacial score (nSPS) is 12.9. The Kier molecular flexibility index (Phi) is 3.53. The molecule has 0 aliphatic carbocycles. The summed E-state index contributed by atoms with van der Waals surface area (Å²) in [6.45, 7) is 2.91. The van der Waals surface area contributed by atoms with Gasteiger partial charge < -0.3 is 5.11 Å². The van der Waals surface area contributed by atoms with Gasteiger partial charge in [0.25, 0.3) is 0 Å². The minimum atomic E-state index is -0.595. The molecule has 0 amide bonds. The molecule has 2 rings (SSSR count). The molecule has 1 unspecified atom stereocenters. The van der Waals surface area contributed by atoms with Gasteiger partial charge in [-0.05, 0) is 12.5 Å². The lowest BCUT2D eigenvalue weighted by Crippen LogP contribution is -2.12. The molecule has 0 saturated carbocycles. The van der Waals surface area contributed by atoms with Crippen LogP contribution in [0.4, 0.5) is 0 Å². The second kappa shape index (κ2) is 5.09. The van der Waals surface area contributed by atoms with E-state index in [1.165, 1.54) is 6.33 Å². The third-order valence-corrected chi connectivity index (χ3v) is 2.71. The van der Waals surface area contributed by atoms with Gasteiger partial charge in [0.05, 0.1) is 5.69 Å². The molecule has 0 spiro atoms. The van der Waals surface area contributed by atoms with Gasteiger partial charge in [0.15, 0.2) is 0 Å². The van der Waals surface area contributed by atoms with Crippen LogP contribution in [0.5, 0.6) is 0 Å². The molecule has 6 nitrogen and oxygen atoms in total. The van der Waals surface area contributed by atoms with Crippen LogP contribution in [0.25, 0.3) is 0 Å². The Labute approximate surface area is 99.9 Å². The van der Waals surface area contributed by atoms with Crippen LogP contribution in [0.1, 0.15) is 31.0 Å². The lowest BCUT2D eigenvalue weighted by Gasteiger charge is -2.11. The van der Waals surface area contributed by atoms with Crippen LogP contribution in [0.2, 0.25) is 0 Å². The Balaban J connectivity index is 2.10. The zero-order valence-corrected chi connectivity index (χ0v) is 10.1. The molecule has 17 heavy (non-hydrogen) atoms. The van der Waals surface area contributed by atoms with Crippen molar-refractivity contribution < 1.29 is 5.11 Å². The largest absolute Gasteiger partial charge is 0.386 e. The minimum absolute atomic E-state index is 0.458. The summed E-state index contributed by atoms with van der Waals surface area (Å²) in [5.74, 6) is 0.806. The van der Waals surface area contributed by atoms with E-state index >= 15 is 0 Å². The standard InChI is InChI=1S/C11H17N5O/c1-3-6-16-11(12-8-14-16)7-10(17)9-4-5-13-15(9)2/h4-5,8,10,17H,3,6-7H2,1-2H3. The Bertz CT molecular complexity index is 476. The first-order valence-corrected chi connectivity index (χ1v) is 5.75. The fourth-order valence-corrected chi connectivity index (χ4v) is 1.83. The molecule has 1 atom stereocenters. The third-order valence-electron chi connectivity index (χ3n) is 2.71. The van der Waals surface area contributed by atoms with Gasteiger partial charge in [-0.2, -0.15) is 10.2 Å². The van der Waals surface area contributed by atoms with Crippen molar-refractivity contribution in [2.75, 3.05) is 0 Å². The van der Waals surface area contributed by atoms with Crippen molar-refractivity contribution in [2.24, 2.45) is 7.05 Å². The predicted molar refractivity (Wildman–Crippen MR) is 62.2 cm³/mol. The number of aryl methyl sites for hydroxylation is 2. The van der Waals surface area contributed by atoms with E-state index in [1.54, 1.807) is 10.9 Å². The molecular formula is C11H17N5O. The van der Waals surface area contributed by atoms with Crippen LogP contribution in [0.3, 0.4) is 0 Å². The summed E-state index contributed by atoms with van der Waals surface area (Å²) in [4.78, 5) is 4.18. The summed E-state index contributed by atoms with van der Waals surface area (Å²) in [6, 6.07) is 1.81. The Morgan fingerprint density at radius 2 is 2.24 bits per heavy atom. The fourth-order valence-electron chi connectivity index (χ4n) is 1.83. The minimum Gasteiger partial charge on any atom is -0.386 e. The highest BCUT2D eigenvalue weighted by atomic mass is 16.3. The number of rotatable bonds is 5. The van der Waals surface area contributed by atoms with Gasteiger partial charge in [0.1, 0.15) is 18.3 Å². The number of nitrogens with zero attached hydrogens (tertiary/aromatic N) is 5. The van der Waals surface area contributed by atoms with Crippen LogP contribution in [-0.2, 0) is 20.0 Å². The lowest BCUT2D eigenvalue weighted by molar-refractivity contribution is 0.164. The molecule has 0 aromatic carbocycles. The molecule has 92 valence electrons. The van der Waals surface area contributed by atoms with Crippen molar-refractivity contribution >= 4 is 0 Å². The van der Waals surface area contributed by atoms with Gasteiger partial charge in [-0.3, -0.25) is 9.36 Å². The Morgan fingerprint density at radius 3 is 2.88 bits per heavy atom. The van der Waals surface area contributed by atoms with E-state index in [0.717, 1.165) is 24.5 Å². The summed E-state index contributed by atoms with van der Waals surface area (Å²) in [5.41, 5.74) is 0.788. The molecule has 0 aliphatic heterocycles. The summed E-state index contributed by atoms with van der Waals surface area (Å²) in [6.07, 6.45) is 4.07. The van der Waals surface area contributed by atoms with E-state index in [-0.39, 0.29) is 0 Å². The summed E-state index contributed by atoms with van der Waals surface area (Å²) in [7, 11) is 1.81. The number of aromatic nitrogens is 5. The van der Waals surface area contributed by atoms with E-state index in [9.17, 15) is 5.11 Å². The molecule has 2 aromatic heterocycles. The number of hydrogen-bond donors (Lipinski definition) is 1. The maximum absolute atomic E-state index is 10.1. The fraction of sp³-hybridized carbons (Fsp3) is 0.545. The van der Waals surface area contributed by atoms with Crippen molar-refractivity contribution in [3.8, 4) is 0 Å². The Hall–Kier alpha value is -1.69. The van der Waals surface area contributed by atoms with E-state index in [0.29, 0.717) is 6.42 Å². The van der Waals surface area contributed by atoms with E-state index in [2.05, 4.69) is 22.1 Å². The summed E-state index contributed by atoms with van der Waals surface area (Å²) < 4.78 is 3.50. The van der Waals surface area contributed by atoms with Gasteiger partial charge in [-0.1, -0.05) is 6.92 Å². The van der Waals surface area contributed by atoms with Gasteiger partial charge in [-0.15, -0.1) is 0 Å². The lowest BCUT2D eigenvalue weighted by atomic mass is 10.2. The van der Waals surface area contributed by atoms with Gasteiger partial charge in [0.2, 0.25) is 0 Å². The summed E-state index contributed by atoms with van der Waals surface area (Å²) in [5, 5.41) is 18.3. The third kappa shape index (κ3) is 2.52. The second-order valence-corrected chi connectivity index (χ2v) is 4.00. The van der Waals surface area contributed by atoms with E-state index in [4.69, 9.17) is 0 Å². The highest BCUT2D eigenvalue weighted by Gasteiger charge is 2.15. The van der Waals surface area contributed by atoms with Gasteiger partial charge >= 0.3 is 0 Å². The molecule has 0 fully saturated rings. The zero-order chi connectivity index (χ0) is 12.3. The van der Waals surface area contributed by atoms with Gasteiger partial charge in [-0.25, -0.2) is 4.98 Å². The molecule has 0 radical (unpaired) electrons. The predicted octanol–water partition coefficient (Wildman–Crippen LogP) is 0.698. The number of hydrogen-bond acceptors (Lipinski definition) is 4. The van der Waals surface area contributed by atoms with E-state index < -0.39 is 6.10 Å². The molecule has 0 saturated heterocycles. The van der Waals surface area contributed by atoms with Crippen molar-refractivity contribution in [3.05, 3.63) is 30.1 Å². The van der Waals surface area contributed by atoms with E-state index in [1.807, 2.05) is 17.8 Å². The average Bonchev–Trinajstić information content (AvgIpc) is 2.89. The molecule has 0 bridgehead atoms. The highest BCUT2D eigenvalue weighted by Crippen LogP contribution is 2.15. The molecule has 2 aromatic rings. The van der Waals surface area contributed by atoms with Crippen LogP contribution < -0.4 is 0 Å².